The van der Waals surface area contributed by atoms with Crippen LogP contribution in [0.5, 0.6) is 0 Å². The van der Waals surface area contributed by atoms with Crippen LogP contribution in [0, 0.1) is 5.92 Å². The molecule has 9 heteroatoms. The van der Waals surface area contributed by atoms with Gasteiger partial charge in [0.15, 0.2) is 0 Å². The lowest BCUT2D eigenvalue weighted by atomic mass is 9.92. The lowest BCUT2D eigenvalue weighted by Crippen LogP contribution is -2.45. The molecule has 2 atom stereocenters. The average Bonchev–Trinajstić information content (AvgIpc) is 3.26. The van der Waals surface area contributed by atoms with E-state index >= 15 is 0 Å². The lowest BCUT2D eigenvalue weighted by molar-refractivity contribution is 0.0662. The highest BCUT2D eigenvalue weighted by atomic mass is 35.5. The van der Waals surface area contributed by atoms with Gasteiger partial charge < -0.3 is 10.6 Å². The Labute approximate surface area is 159 Å². The zero-order valence-electron chi connectivity index (χ0n) is 14.4. The summed E-state index contributed by atoms with van der Waals surface area (Å²) in [6.07, 6.45) is 3.70. The number of amides is 1. The number of halogens is 1. The molecule has 0 aromatic carbocycles. The molecule has 3 rings (SSSR count). The monoisotopic (exact) mass is 407 g/mol. The Morgan fingerprint density at radius 1 is 1.28 bits per heavy atom. The quantitative estimate of drug-likeness (QED) is 0.828. The van der Waals surface area contributed by atoms with Crippen molar-refractivity contribution in [1.82, 2.24) is 9.21 Å². The predicted octanol–water partition coefficient (Wildman–Crippen LogP) is 2.15. The van der Waals surface area contributed by atoms with Crippen LogP contribution in [0.25, 0.3) is 0 Å². The Balaban J connectivity index is 0.00000225. The summed E-state index contributed by atoms with van der Waals surface area (Å²) in [5.74, 6) is 0.106. The Morgan fingerprint density at radius 2 is 1.96 bits per heavy atom. The second-order valence-electron chi connectivity index (χ2n) is 6.74. The van der Waals surface area contributed by atoms with E-state index in [9.17, 15) is 13.2 Å². The van der Waals surface area contributed by atoms with Gasteiger partial charge in [-0.05, 0) is 50.0 Å². The third kappa shape index (κ3) is 4.19. The highest BCUT2D eigenvalue weighted by Crippen LogP contribution is 2.30. The zero-order chi connectivity index (χ0) is 17.3. The molecule has 0 spiro atoms. The van der Waals surface area contributed by atoms with Gasteiger partial charge in [0.05, 0.1) is 0 Å². The third-order valence-electron chi connectivity index (χ3n) is 4.99. The second-order valence-corrected chi connectivity index (χ2v) is 9.56. The van der Waals surface area contributed by atoms with E-state index in [1.165, 1.54) is 15.6 Å². The van der Waals surface area contributed by atoms with E-state index in [2.05, 4.69) is 0 Å². The van der Waals surface area contributed by atoms with Crippen LogP contribution in [0.1, 0.15) is 42.3 Å². The number of rotatable bonds is 4. The first-order valence-corrected chi connectivity index (χ1v) is 10.9. The van der Waals surface area contributed by atoms with Gasteiger partial charge in [-0.25, -0.2) is 8.42 Å². The van der Waals surface area contributed by atoms with Crippen LogP contribution in [0.2, 0.25) is 0 Å². The maximum Gasteiger partial charge on any atom is 0.265 e. The van der Waals surface area contributed by atoms with Crippen molar-refractivity contribution in [3.05, 3.63) is 16.3 Å². The number of carbonyl (C=O) groups excluding carboxylic acids is 1. The van der Waals surface area contributed by atoms with Gasteiger partial charge in [-0.1, -0.05) is 0 Å². The van der Waals surface area contributed by atoms with E-state index in [0.29, 0.717) is 31.1 Å². The summed E-state index contributed by atoms with van der Waals surface area (Å²) < 4.78 is 27.1. The molecule has 2 saturated heterocycles. The van der Waals surface area contributed by atoms with Crippen molar-refractivity contribution in [2.75, 3.05) is 26.2 Å². The Hall–Kier alpha value is -0.670. The number of carbonyl (C=O) groups is 1. The van der Waals surface area contributed by atoms with Crippen molar-refractivity contribution in [2.24, 2.45) is 11.7 Å². The van der Waals surface area contributed by atoms with Crippen molar-refractivity contribution in [2.45, 2.75) is 43.5 Å². The van der Waals surface area contributed by atoms with Crippen LogP contribution in [0.3, 0.4) is 0 Å². The van der Waals surface area contributed by atoms with Crippen LogP contribution in [-0.4, -0.2) is 55.8 Å². The maximum absolute atomic E-state index is 12.9. The molecule has 0 bridgehead atoms. The summed E-state index contributed by atoms with van der Waals surface area (Å²) in [5, 5.41) is 1.70. The van der Waals surface area contributed by atoms with E-state index < -0.39 is 10.0 Å². The molecule has 25 heavy (non-hydrogen) atoms. The van der Waals surface area contributed by atoms with E-state index in [4.69, 9.17) is 5.73 Å². The van der Waals surface area contributed by atoms with Crippen molar-refractivity contribution < 1.29 is 13.2 Å². The van der Waals surface area contributed by atoms with Gasteiger partial charge in [-0.2, -0.15) is 4.31 Å². The third-order valence-corrected chi connectivity index (χ3v) is 7.97. The maximum atomic E-state index is 12.9. The molecule has 2 aliphatic rings. The number of thiophene rings is 1. The van der Waals surface area contributed by atoms with Crippen molar-refractivity contribution >= 4 is 39.7 Å². The standard InChI is InChI=1S/C16H25N3O3S2.ClH/c1-12(17)13-5-4-7-18(11-13)16(20)15-14(6-10-23-15)24(21,22)19-8-2-3-9-19;/h6,10,12-13H,2-5,7-9,11,17H2,1H3;1H. The normalized spacial score (nSPS) is 23.3. The zero-order valence-corrected chi connectivity index (χ0v) is 16.8. The van der Waals surface area contributed by atoms with Crippen molar-refractivity contribution in [3.63, 3.8) is 0 Å². The molecule has 0 aliphatic carbocycles. The van der Waals surface area contributed by atoms with Crippen molar-refractivity contribution in [3.8, 4) is 0 Å². The minimum atomic E-state index is -3.57. The number of hydrogen-bond acceptors (Lipinski definition) is 5. The minimum Gasteiger partial charge on any atom is -0.338 e. The molecule has 0 saturated carbocycles. The first-order chi connectivity index (χ1) is 11.4. The Kier molecular flexibility index (Phi) is 6.89. The van der Waals surface area contributed by atoms with Gasteiger partial charge in [0.2, 0.25) is 10.0 Å². The predicted molar refractivity (Wildman–Crippen MR) is 102 cm³/mol. The highest BCUT2D eigenvalue weighted by molar-refractivity contribution is 7.89. The van der Waals surface area contributed by atoms with E-state index in [-0.39, 0.29) is 35.2 Å². The van der Waals surface area contributed by atoms with E-state index in [1.54, 1.807) is 16.3 Å². The van der Waals surface area contributed by atoms with Gasteiger partial charge in [0, 0.05) is 32.2 Å². The van der Waals surface area contributed by atoms with Gasteiger partial charge in [0.25, 0.3) is 5.91 Å². The Morgan fingerprint density at radius 3 is 2.60 bits per heavy atom. The van der Waals surface area contributed by atoms with Crippen molar-refractivity contribution in [1.29, 1.82) is 0 Å². The highest BCUT2D eigenvalue weighted by Gasteiger charge is 2.34. The minimum absolute atomic E-state index is 0. The summed E-state index contributed by atoms with van der Waals surface area (Å²) in [7, 11) is -3.57. The molecule has 1 aromatic heterocycles. The Bertz CT molecular complexity index is 699. The van der Waals surface area contributed by atoms with Crippen LogP contribution in [0.4, 0.5) is 0 Å². The molecule has 2 N–H and O–H groups in total. The fourth-order valence-corrected chi connectivity index (χ4v) is 6.37. The molecule has 2 fully saturated rings. The summed E-state index contributed by atoms with van der Waals surface area (Å²) in [4.78, 5) is 15.2. The molecule has 1 amide bonds. The van der Waals surface area contributed by atoms with Crippen LogP contribution < -0.4 is 5.73 Å². The molecule has 6 nitrogen and oxygen atoms in total. The summed E-state index contributed by atoms with van der Waals surface area (Å²) in [6, 6.07) is 1.61. The van der Waals surface area contributed by atoms with Crippen LogP contribution >= 0.6 is 23.7 Å². The largest absolute Gasteiger partial charge is 0.338 e. The number of piperidine rings is 1. The molecular formula is C16H26ClN3O3S2. The summed E-state index contributed by atoms with van der Waals surface area (Å²) in [5.41, 5.74) is 5.99. The molecule has 0 radical (unpaired) electrons. The molecule has 142 valence electrons. The number of sulfonamides is 1. The molecule has 2 aliphatic heterocycles. The summed E-state index contributed by atoms with van der Waals surface area (Å²) in [6.45, 7) is 4.33. The lowest BCUT2D eigenvalue weighted by Gasteiger charge is -2.34. The van der Waals surface area contributed by atoms with Crippen LogP contribution in [-0.2, 0) is 10.0 Å². The van der Waals surface area contributed by atoms with Gasteiger partial charge >= 0.3 is 0 Å². The molecule has 3 heterocycles. The van der Waals surface area contributed by atoms with Gasteiger partial charge in [0.1, 0.15) is 9.77 Å². The number of nitrogens with two attached hydrogens (primary N) is 1. The summed E-state index contributed by atoms with van der Waals surface area (Å²) >= 11 is 1.22. The molecule has 1 aromatic rings. The fourth-order valence-electron chi connectivity index (χ4n) is 3.49. The second kappa shape index (κ2) is 8.35. The van der Waals surface area contributed by atoms with Gasteiger partial charge in [-0.3, -0.25) is 4.79 Å². The van der Waals surface area contributed by atoms with E-state index in [1.807, 2.05) is 6.92 Å². The number of likely N-dealkylation sites (tertiary alicyclic amines) is 1. The average molecular weight is 408 g/mol. The first kappa shape index (κ1) is 20.6. The molecule has 2 unspecified atom stereocenters. The number of hydrogen-bond donors (Lipinski definition) is 1. The SMILES string of the molecule is CC(N)C1CCCN(C(=O)c2sccc2S(=O)(=O)N2CCCC2)C1.Cl. The molecular weight excluding hydrogens is 382 g/mol. The first-order valence-electron chi connectivity index (χ1n) is 8.54. The number of nitrogens with zero attached hydrogens (tertiary/aromatic N) is 2. The van der Waals surface area contributed by atoms with E-state index in [0.717, 1.165) is 25.7 Å². The van der Waals surface area contributed by atoms with Crippen LogP contribution in [0.15, 0.2) is 16.3 Å². The smallest absolute Gasteiger partial charge is 0.265 e. The fraction of sp³-hybridized carbons (Fsp3) is 0.688. The topological polar surface area (TPSA) is 83.7 Å². The van der Waals surface area contributed by atoms with Gasteiger partial charge in [-0.15, -0.1) is 23.7 Å².